The predicted octanol–water partition coefficient (Wildman–Crippen LogP) is 2.12. The van der Waals surface area contributed by atoms with Crippen LogP contribution in [-0.2, 0) is 0 Å². The van der Waals surface area contributed by atoms with Crippen molar-refractivity contribution in [3.05, 3.63) is 46.0 Å². The normalized spacial score (nSPS) is 21.6. The first-order valence-electron chi connectivity index (χ1n) is 5.71. The van der Waals surface area contributed by atoms with Gasteiger partial charge < -0.3 is 9.67 Å². The summed E-state index contributed by atoms with van der Waals surface area (Å²) in [6.07, 6.45) is 0.348. The second kappa shape index (κ2) is 3.88. The molecule has 3 rings (SSSR count). The van der Waals surface area contributed by atoms with Crippen molar-refractivity contribution >= 4 is 16.9 Å². The molecule has 1 N–H and O–H groups in total. The number of benzene rings is 1. The Kier molecular flexibility index (Phi) is 2.41. The van der Waals surface area contributed by atoms with Crippen molar-refractivity contribution in [1.82, 2.24) is 4.57 Å². The molecule has 0 amide bonds. The first-order valence-corrected chi connectivity index (χ1v) is 5.71. The molecular formula is C13H9F2NO3. The Labute approximate surface area is 105 Å². The van der Waals surface area contributed by atoms with Gasteiger partial charge in [0.2, 0.25) is 5.43 Å². The average Bonchev–Trinajstić information content (AvgIpc) is 3.07. The van der Waals surface area contributed by atoms with E-state index in [-0.39, 0.29) is 11.8 Å². The van der Waals surface area contributed by atoms with Crippen LogP contribution in [0.15, 0.2) is 29.2 Å². The molecule has 2 aromatic rings. The second-order valence-electron chi connectivity index (χ2n) is 4.56. The van der Waals surface area contributed by atoms with Gasteiger partial charge in [-0.25, -0.2) is 13.6 Å². The molecule has 1 aromatic heterocycles. The summed E-state index contributed by atoms with van der Waals surface area (Å²) in [5.74, 6) is -2.03. The number of aromatic nitrogens is 1. The van der Waals surface area contributed by atoms with Crippen LogP contribution in [0.25, 0.3) is 10.9 Å². The quantitative estimate of drug-likeness (QED) is 0.904. The van der Waals surface area contributed by atoms with Crippen LogP contribution in [0.4, 0.5) is 8.78 Å². The predicted molar refractivity (Wildman–Crippen MR) is 63.7 cm³/mol. The highest BCUT2D eigenvalue weighted by atomic mass is 19.1. The summed E-state index contributed by atoms with van der Waals surface area (Å²) in [4.78, 5) is 23.0. The van der Waals surface area contributed by atoms with Gasteiger partial charge >= 0.3 is 5.97 Å². The van der Waals surface area contributed by atoms with Crippen molar-refractivity contribution in [2.24, 2.45) is 0 Å². The number of halogens is 2. The molecule has 98 valence electrons. The average molecular weight is 265 g/mol. The lowest BCUT2D eigenvalue weighted by molar-refractivity contribution is 0.0694. The topological polar surface area (TPSA) is 59.3 Å². The SMILES string of the molecule is O=C(O)c1cn(C2CC2F)c2ccc(F)cc2c1=O. The Hall–Kier alpha value is -2.24. The lowest BCUT2D eigenvalue weighted by atomic mass is 10.1. The third-order valence-corrected chi connectivity index (χ3v) is 3.26. The summed E-state index contributed by atoms with van der Waals surface area (Å²) in [5, 5.41) is 8.94. The molecule has 2 atom stereocenters. The molecule has 2 unspecified atom stereocenters. The van der Waals surface area contributed by atoms with Gasteiger partial charge in [-0.2, -0.15) is 0 Å². The van der Waals surface area contributed by atoms with Crippen molar-refractivity contribution in [3.8, 4) is 0 Å². The molecule has 0 saturated heterocycles. The van der Waals surface area contributed by atoms with Crippen LogP contribution in [0.3, 0.4) is 0 Å². The number of hydrogen-bond donors (Lipinski definition) is 1. The minimum absolute atomic E-state index is 0.0426. The molecule has 1 saturated carbocycles. The van der Waals surface area contributed by atoms with Gasteiger partial charge in [0.15, 0.2) is 0 Å². The van der Waals surface area contributed by atoms with Crippen LogP contribution in [-0.4, -0.2) is 21.8 Å². The third-order valence-electron chi connectivity index (χ3n) is 3.26. The molecule has 1 aliphatic rings. The van der Waals surface area contributed by atoms with Crippen molar-refractivity contribution in [1.29, 1.82) is 0 Å². The summed E-state index contributed by atoms with van der Waals surface area (Å²) < 4.78 is 27.8. The fourth-order valence-corrected chi connectivity index (χ4v) is 2.19. The van der Waals surface area contributed by atoms with Crippen molar-refractivity contribution in [2.45, 2.75) is 18.6 Å². The number of carboxylic acid groups (broad SMARTS) is 1. The molecule has 0 aliphatic heterocycles. The zero-order valence-electron chi connectivity index (χ0n) is 9.64. The van der Waals surface area contributed by atoms with Gasteiger partial charge in [0.1, 0.15) is 17.6 Å². The van der Waals surface area contributed by atoms with E-state index in [0.717, 1.165) is 18.3 Å². The fourth-order valence-electron chi connectivity index (χ4n) is 2.19. The monoisotopic (exact) mass is 265 g/mol. The van der Waals surface area contributed by atoms with E-state index in [4.69, 9.17) is 5.11 Å². The molecule has 1 heterocycles. The maximum Gasteiger partial charge on any atom is 0.341 e. The van der Waals surface area contributed by atoms with Crippen LogP contribution >= 0.6 is 0 Å². The number of hydrogen-bond acceptors (Lipinski definition) is 2. The minimum atomic E-state index is -1.40. The Bertz CT molecular complexity index is 753. The van der Waals surface area contributed by atoms with E-state index in [1.165, 1.54) is 10.6 Å². The first-order chi connectivity index (χ1) is 8.99. The molecule has 6 heteroatoms. The fraction of sp³-hybridized carbons (Fsp3) is 0.231. The molecule has 4 nitrogen and oxygen atoms in total. The Morgan fingerprint density at radius 1 is 1.42 bits per heavy atom. The molecule has 19 heavy (non-hydrogen) atoms. The van der Waals surface area contributed by atoms with Gasteiger partial charge in [0, 0.05) is 18.0 Å². The van der Waals surface area contributed by atoms with E-state index in [0.29, 0.717) is 5.52 Å². The highest BCUT2D eigenvalue weighted by molar-refractivity contribution is 5.92. The number of carbonyl (C=O) groups is 1. The van der Waals surface area contributed by atoms with E-state index in [2.05, 4.69) is 0 Å². The van der Waals surface area contributed by atoms with Crippen LogP contribution in [0.1, 0.15) is 22.8 Å². The summed E-state index contributed by atoms with van der Waals surface area (Å²) in [6.45, 7) is 0. The highest BCUT2D eigenvalue weighted by Gasteiger charge is 2.40. The smallest absolute Gasteiger partial charge is 0.341 e. The van der Waals surface area contributed by atoms with Gasteiger partial charge in [-0.3, -0.25) is 4.79 Å². The van der Waals surface area contributed by atoms with Gasteiger partial charge in [0.05, 0.1) is 11.6 Å². The lowest BCUT2D eigenvalue weighted by Gasteiger charge is -2.11. The number of carboxylic acids is 1. The molecule has 0 bridgehead atoms. The molecule has 1 aromatic carbocycles. The molecule has 0 spiro atoms. The van der Waals surface area contributed by atoms with Gasteiger partial charge in [-0.05, 0) is 18.2 Å². The number of alkyl halides is 1. The summed E-state index contributed by atoms with van der Waals surface area (Å²) in [7, 11) is 0. The van der Waals surface area contributed by atoms with Crippen LogP contribution in [0.2, 0.25) is 0 Å². The molecule has 0 radical (unpaired) electrons. The second-order valence-corrected chi connectivity index (χ2v) is 4.56. The Morgan fingerprint density at radius 2 is 2.11 bits per heavy atom. The number of rotatable bonds is 2. The number of pyridine rings is 1. The van der Waals surface area contributed by atoms with Crippen molar-refractivity contribution < 1.29 is 18.7 Å². The van der Waals surface area contributed by atoms with Crippen molar-refractivity contribution in [3.63, 3.8) is 0 Å². The lowest BCUT2D eigenvalue weighted by Crippen LogP contribution is -2.19. The Balaban J connectivity index is 2.39. The van der Waals surface area contributed by atoms with Gasteiger partial charge in [-0.1, -0.05) is 0 Å². The van der Waals surface area contributed by atoms with E-state index < -0.39 is 35.0 Å². The number of nitrogens with zero attached hydrogens (tertiary/aromatic N) is 1. The molecule has 1 aliphatic carbocycles. The summed E-state index contributed by atoms with van der Waals surface area (Å²) in [6, 6.07) is 3.03. The van der Waals surface area contributed by atoms with Gasteiger partial charge in [0.25, 0.3) is 0 Å². The highest BCUT2D eigenvalue weighted by Crippen LogP contribution is 2.40. The van der Waals surface area contributed by atoms with E-state index in [1.54, 1.807) is 0 Å². The standard InChI is InChI=1S/C13H9F2NO3/c14-6-1-2-10-7(3-6)12(17)8(13(18)19)5-16(10)11-4-9(11)15/h1-3,5,9,11H,4H2,(H,18,19). The summed E-state index contributed by atoms with van der Waals surface area (Å²) in [5.41, 5.74) is -0.881. The zero-order chi connectivity index (χ0) is 13.7. The molecular weight excluding hydrogens is 256 g/mol. The number of fused-ring (bicyclic) bond motifs is 1. The van der Waals surface area contributed by atoms with E-state index in [9.17, 15) is 18.4 Å². The largest absolute Gasteiger partial charge is 0.477 e. The maximum atomic E-state index is 13.2. The zero-order valence-corrected chi connectivity index (χ0v) is 9.64. The Morgan fingerprint density at radius 3 is 2.68 bits per heavy atom. The third kappa shape index (κ3) is 1.80. The minimum Gasteiger partial charge on any atom is -0.477 e. The van der Waals surface area contributed by atoms with Crippen LogP contribution < -0.4 is 5.43 Å². The maximum absolute atomic E-state index is 13.2. The van der Waals surface area contributed by atoms with E-state index >= 15 is 0 Å². The van der Waals surface area contributed by atoms with Crippen LogP contribution in [0, 0.1) is 5.82 Å². The first kappa shape index (κ1) is 11.8. The van der Waals surface area contributed by atoms with E-state index in [1.807, 2.05) is 0 Å². The molecule has 1 fully saturated rings. The summed E-state index contributed by atoms with van der Waals surface area (Å²) >= 11 is 0. The number of aromatic carboxylic acids is 1. The van der Waals surface area contributed by atoms with Crippen molar-refractivity contribution in [2.75, 3.05) is 0 Å². The van der Waals surface area contributed by atoms with Gasteiger partial charge in [-0.15, -0.1) is 0 Å². The van der Waals surface area contributed by atoms with Crippen LogP contribution in [0.5, 0.6) is 0 Å².